The summed E-state index contributed by atoms with van der Waals surface area (Å²) in [7, 11) is 0. The molecule has 3 aliphatic heterocycles. The molecule has 0 aromatic carbocycles. The molecule has 152 valence electrons. The summed E-state index contributed by atoms with van der Waals surface area (Å²) in [6.45, 7) is 7.24. The fourth-order valence-electron chi connectivity index (χ4n) is 4.95. The highest BCUT2D eigenvalue weighted by Crippen LogP contribution is 2.40. The number of piperazine rings is 1. The summed E-state index contributed by atoms with van der Waals surface area (Å²) in [5.41, 5.74) is -0.652. The summed E-state index contributed by atoms with van der Waals surface area (Å²) in [6, 6.07) is 0.0590. The normalized spacial score (nSPS) is 34.6. The van der Waals surface area contributed by atoms with Crippen LogP contribution in [0.25, 0.3) is 0 Å². The minimum atomic E-state index is -0.652. The van der Waals surface area contributed by atoms with E-state index in [-0.39, 0.29) is 29.8 Å². The molecule has 3 saturated heterocycles. The molecule has 0 aromatic heterocycles. The van der Waals surface area contributed by atoms with Crippen molar-refractivity contribution >= 4 is 35.2 Å². The maximum absolute atomic E-state index is 13.4. The van der Waals surface area contributed by atoms with E-state index in [4.69, 9.17) is 11.6 Å². The van der Waals surface area contributed by atoms with E-state index in [0.29, 0.717) is 30.9 Å². The van der Waals surface area contributed by atoms with Gasteiger partial charge in [0.05, 0.1) is 5.37 Å². The fraction of sp³-hybridized carbons (Fsp3) is 0.895. The lowest BCUT2D eigenvalue weighted by atomic mass is 9.80. The minimum absolute atomic E-state index is 0.0590. The molecular formula is C19H31ClN4O2S. The number of hydrogen-bond donors (Lipinski definition) is 1. The highest BCUT2D eigenvalue weighted by atomic mass is 35.5. The second-order valence-corrected chi connectivity index (χ2v) is 10.6. The van der Waals surface area contributed by atoms with Crippen molar-refractivity contribution in [3.63, 3.8) is 0 Å². The van der Waals surface area contributed by atoms with Crippen LogP contribution in [0, 0.1) is 5.92 Å². The zero-order valence-corrected chi connectivity index (χ0v) is 17.9. The van der Waals surface area contributed by atoms with E-state index < -0.39 is 5.54 Å². The van der Waals surface area contributed by atoms with Gasteiger partial charge in [0.25, 0.3) is 5.91 Å². The van der Waals surface area contributed by atoms with Crippen LogP contribution in [0.15, 0.2) is 0 Å². The maximum Gasteiger partial charge on any atom is 0.251 e. The van der Waals surface area contributed by atoms with E-state index in [1.165, 1.54) is 0 Å². The smallest absolute Gasteiger partial charge is 0.251 e. The van der Waals surface area contributed by atoms with Crippen LogP contribution in [-0.2, 0) is 9.59 Å². The molecule has 4 rings (SSSR count). The van der Waals surface area contributed by atoms with Crippen molar-refractivity contribution in [3.8, 4) is 0 Å². The second kappa shape index (κ2) is 7.73. The quantitative estimate of drug-likeness (QED) is 0.707. The molecule has 4 aliphatic rings. The van der Waals surface area contributed by atoms with Crippen LogP contribution in [0.4, 0.5) is 0 Å². The van der Waals surface area contributed by atoms with E-state index in [1.54, 1.807) is 4.90 Å². The number of alkyl halides is 1. The molecule has 6 nitrogen and oxygen atoms in total. The van der Waals surface area contributed by atoms with E-state index in [9.17, 15) is 9.59 Å². The Hall–Kier alpha value is -0.500. The molecule has 8 heteroatoms. The topological polar surface area (TPSA) is 55.9 Å². The third kappa shape index (κ3) is 3.61. The van der Waals surface area contributed by atoms with Crippen molar-refractivity contribution in [1.29, 1.82) is 0 Å². The lowest BCUT2D eigenvalue weighted by molar-refractivity contribution is -0.182. The van der Waals surface area contributed by atoms with Crippen molar-refractivity contribution in [3.05, 3.63) is 0 Å². The number of halogens is 1. The monoisotopic (exact) mass is 414 g/mol. The lowest BCUT2D eigenvalue weighted by Gasteiger charge is -2.60. The Bertz CT molecular complexity index is 584. The van der Waals surface area contributed by atoms with Gasteiger partial charge in [-0.05, 0) is 45.4 Å². The highest BCUT2D eigenvalue weighted by molar-refractivity contribution is 8.00. The Kier molecular flexibility index (Phi) is 5.67. The predicted octanol–water partition coefficient (Wildman–Crippen LogP) is 1.54. The van der Waals surface area contributed by atoms with Gasteiger partial charge >= 0.3 is 0 Å². The second-order valence-electron chi connectivity index (χ2n) is 8.81. The van der Waals surface area contributed by atoms with Gasteiger partial charge in [-0.2, -0.15) is 0 Å². The minimum Gasteiger partial charge on any atom is -0.329 e. The summed E-state index contributed by atoms with van der Waals surface area (Å²) in [5.74, 6) is 1.70. The molecule has 1 unspecified atom stereocenters. The average molecular weight is 415 g/mol. The van der Waals surface area contributed by atoms with Crippen molar-refractivity contribution in [2.24, 2.45) is 5.92 Å². The summed E-state index contributed by atoms with van der Waals surface area (Å²) in [6.07, 6.45) is 4.15. The van der Waals surface area contributed by atoms with Gasteiger partial charge in [-0.15, -0.1) is 23.4 Å². The largest absolute Gasteiger partial charge is 0.329 e. The van der Waals surface area contributed by atoms with Crippen molar-refractivity contribution in [1.82, 2.24) is 20.0 Å². The number of nitrogens with one attached hydrogen (secondary N) is 1. The molecule has 1 N–H and O–H groups in total. The Balaban J connectivity index is 1.52. The molecule has 1 saturated carbocycles. The third-order valence-electron chi connectivity index (χ3n) is 6.66. The maximum atomic E-state index is 13.4. The third-order valence-corrected chi connectivity index (χ3v) is 8.31. The standard InChI is InChI=1S/C19H31ClN4O2S/c1-13(2)23-9-16(25)24(8-14-3-5-15(20)6-4-14)19(18(23)26)10-22(11-19)17-7-21-12-27-17/h13-15,17,21H,3-12H2,1-2H3. The van der Waals surface area contributed by atoms with Crippen LogP contribution in [0.1, 0.15) is 39.5 Å². The number of carbonyl (C=O) groups excluding carboxylic acids is 2. The Morgan fingerprint density at radius 3 is 2.52 bits per heavy atom. The number of rotatable bonds is 4. The van der Waals surface area contributed by atoms with Crippen molar-refractivity contribution in [2.45, 2.75) is 61.9 Å². The molecule has 0 bridgehead atoms. The van der Waals surface area contributed by atoms with Crippen LogP contribution >= 0.6 is 23.4 Å². The molecule has 2 amide bonds. The highest BCUT2D eigenvalue weighted by Gasteiger charge is 2.61. The van der Waals surface area contributed by atoms with Gasteiger partial charge in [0.2, 0.25) is 5.91 Å². The van der Waals surface area contributed by atoms with E-state index in [1.807, 2.05) is 30.5 Å². The van der Waals surface area contributed by atoms with Crippen LogP contribution < -0.4 is 5.32 Å². The molecule has 3 heterocycles. The molecular weight excluding hydrogens is 384 g/mol. The van der Waals surface area contributed by atoms with E-state index in [2.05, 4.69) is 10.2 Å². The number of amides is 2. The molecule has 1 atom stereocenters. The van der Waals surface area contributed by atoms with Gasteiger partial charge in [-0.1, -0.05) is 0 Å². The van der Waals surface area contributed by atoms with Crippen molar-refractivity contribution in [2.75, 3.05) is 38.6 Å². The molecule has 1 aliphatic carbocycles. The number of carbonyl (C=O) groups is 2. The number of hydrogen-bond acceptors (Lipinski definition) is 5. The summed E-state index contributed by atoms with van der Waals surface area (Å²) in [5, 5.41) is 4.07. The number of nitrogens with zero attached hydrogens (tertiary/aromatic N) is 3. The van der Waals surface area contributed by atoms with Gasteiger partial charge in [0.1, 0.15) is 12.1 Å². The first-order valence-corrected chi connectivity index (χ1v) is 11.7. The summed E-state index contributed by atoms with van der Waals surface area (Å²) in [4.78, 5) is 32.6. The lowest BCUT2D eigenvalue weighted by Crippen LogP contribution is -2.82. The average Bonchev–Trinajstić information content (AvgIpc) is 3.12. The van der Waals surface area contributed by atoms with Crippen LogP contribution in [0.5, 0.6) is 0 Å². The van der Waals surface area contributed by atoms with E-state index in [0.717, 1.165) is 38.1 Å². The molecule has 27 heavy (non-hydrogen) atoms. The van der Waals surface area contributed by atoms with Crippen LogP contribution in [0.3, 0.4) is 0 Å². The van der Waals surface area contributed by atoms with Gasteiger partial charge in [-0.3, -0.25) is 14.5 Å². The zero-order chi connectivity index (χ0) is 19.2. The summed E-state index contributed by atoms with van der Waals surface area (Å²) >= 11 is 8.15. The molecule has 1 spiro atoms. The van der Waals surface area contributed by atoms with E-state index >= 15 is 0 Å². The SMILES string of the molecule is CC(C)N1CC(=O)N(CC2CCC(Cl)CC2)C2(CN(C3CNCS3)C2)C1=O. The van der Waals surface area contributed by atoms with Crippen LogP contribution in [-0.4, -0.2) is 87.4 Å². The Morgan fingerprint density at radius 2 is 1.93 bits per heavy atom. The number of thioether (sulfide) groups is 1. The van der Waals surface area contributed by atoms with Crippen LogP contribution in [0.2, 0.25) is 0 Å². The zero-order valence-electron chi connectivity index (χ0n) is 16.3. The van der Waals surface area contributed by atoms with Gasteiger partial charge in [-0.25, -0.2) is 0 Å². The van der Waals surface area contributed by atoms with Gasteiger partial charge in [0, 0.05) is 43.5 Å². The molecule has 0 aromatic rings. The van der Waals surface area contributed by atoms with Crippen molar-refractivity contribution < 1.29 is 9.59 Å². The Morgan fingerprint density at radius 1 is 1.22 bits per heavy atom. The van der Waals surface area contributed by atoms with Gasteiger partial charge < -0.3 is 15.1 Å². The summed E-state index contributed by atoms with van der Waals surface area (Å²) < 4.78 is 0. The molecule has 0 radical (unpaired) electrons. The first-order valence-electron chi connectivity index (χ1n) is 10.2. The number of likely N-dealkylation sites (tertiary alicyclic amines) is 1. The first kappa shape index (κ1) is 19.8. The predicted molar refractivity (Wildman–Crippen MR) is 109 cm³/mol. The fourth-order valence-corrected chi connectivity index (χ4v) is 6.22. The molecule has 4 fully saturated rings. The first-order chi connectivity index (χ1) is 12.9. The van der Waals surface area contributed by atoms with Gasteiger partial charge in [0.15, 0.2) is 0 Å². The Labute approximate surface area is 171 Å².